The topological polar surface area (TPSA) is 84.2 Å². The zero-order valence-electron chi connectivity index (χ0n) is 10.3. The Morgan fingerprint density at radius 1 is 1.56 bits per heavy atom. The molecule has 0 atom stereocenters. The highest BCUT2D eigenvalue weighted by molar-refractivity contribution is 5.92. The fourth-order valence-corrected chi connectivity index (χ4v) is 2.31. The molecule has 6 nitrogen and oxygen atoms in total. The fourth-order valence-electron chi connectivity index (χ4n) is 2.31. The number of aliphatic carboxylic acids is 1. The number of carbonyl (C=O) groups excluding carboxylic acids is 1. The Morgan fingerprint density at radius 2 is 2.28 bits per heavy atom. The monoisotopic (exact) mass is 251 g/mol. The van der Waals surface area contributed by atoms with Crippen LogP contribution in [0.1, 0.15) is 36.2 Å². The second-order valence-electron chi connectivity index (χ2n) is 4.98. The number of carboxylic acid groups (broad SMARTS) is 1. The molecule has 2 rings (SSSR count). The van der Waals surface area contributed by atoms with Crippen LogP contribution in [0.15, 0.2) is 12.3 Å². The van der Waals surface area contributed by atoms with Crippen LogP contribution in [-0.2, 0) is 11.8 Å². The number of nitrogens with zero attached hydrogens (tertiary/aromatic N) is 2. The van der Waals surface area contributed by atoms with Crippen LogP contribution in [0.25, 0.3) is 0 Å². The number of rotatable bonds is 5. The molecule has 1 fully saturated rings. The Bertz CT molecular complexity index is 463. The van der Waals surface area contributed by atoms with Gasteiger partial charge < -0.3 is 10.4 Å². The molecule has 1 aromatic heterocycles. The molecule has 0 bridgehead atoms. The lowest BCUT2D eigenvalue weighted by molar-refractivity contribution is -0.141. The summed E-state index contributed by atoms with van der Waals surface area (Å²) in [5.41, 5.74) is 0.110. The van der Waals surface area contributed by atoms with Gasteiger partial charge in [0.15, 0.2) is 0 Å². The maximum Gasteiger partial charge on any atom is 0.303 e. The van der Waals surface area contributed by atoms with E-state index in [0.29, 0.717) is 12.2 Å². The molecule has 0 aromatic carbocycles. The van der Waals surface area contributed by atoms with Crippen molar-refractivity contribution < 1.29 is 14.7 Å². The summed E-state index contributed by atoms with van der Waals surface area (Å²) in [5, 5.41) is 15.7. The Kier molecular flexibility index (Phi) is 3.36. The van der Waals surface area contributed by atoms with Crippen molar-refractivity contribution in [3.05, 3.63) is 18.0 Å². The third-order valence-corrected chi connectivity index (χ3v) is 3.51. The van der Waals surface area contributed by atoms with Crippen molar-refractivity contribution in [3.63, 3.8) is 0 Å². The van der Waals surface area contributed by atoms with Gasteiger partial charge in [-0.05, 0) is 24.3 Å². The van der Waals surface area contributed by atoms with Crippen LogP contribution in [0.2, 0.25) is 0 Å². The molecule has 0 spiro atoms. The van der Waals surface area contributed by atoms with Gasteiger partial charge in [-0.25, -0.2) is 0 Å². The number of amides is 1. The third kappa shape index (κ3) is 2.69. The lowest BCUT2D eigenvalue weighted by Crippen LogP contribution is -2.43. The van der Waals surface area contributed by atoms with E-state index in [1.807, 2.05) is 0 Å². The van der Waals surface area contributed by atoms with Crippen molar-refractivity contribution in [2.24, 2.45) is 12.5 Å². The van der Waals surface area contributed by atoms with E-state index in [2.05, 4.69) is 10.4 Å². The van der Waals surface area contributed by atoms with E-state index < -0.39 is 5.97 Å². The van der Waals surface area contributed by atoms with E-state index in [4.69, 9.17) is 5.11 Å². The smallest absolute Gasteiger partial charge is 0.303 e. The van der Waals surface area contributed by atoms with E-state index >= 15 is 0 Å². The zero-order valence-corrected chi connectivity index (χ0v) is 10.3. The molecule has 98 valence electrons. The zero-order chi connectivity index (χ0) is 13.2. The summed E-state index contributed by atoms with van der Waals surface area (Å²) in [5.74, 6) is -1.05. The minimum Gasteiger partial charge on any atom is -0.481 e. The van der Waals surface area contributed by atoms with Crippen molar-refractivity contribution in [2.45, 2.75) is 25.7 Å². The predicted molar refractivity (Wildman–Crippen MR) is 64.1 cm³/mol. The average molecular weight is 251 g/mol. The number of carboxylic acids is 1. The van der Waals surface area contributed by atoms with Gasteiger partial charge in [-0.1, -0.05) is 6.42 Å². The number of carbonyl (C=O) groups is 2. The number of aryl methyl sites for hydroxylation is 1. The molecule has 0 saturated heterocycles. The first-order valence-electron chi connectivity index (χ1n) is 6.00. The molecule has 1 aliphatic rings. The molecule has 0 radical (unpaired) electrons. The molecule has 1 amide bonds. The van der Waals surface area contributed by atoms with Crippen LogP contribution in [0, 0.1) is 5.41 Å². The van der Waals surface area contributed by atoms with Crippen molar-refractivity contribution >= 4 is 11.9 Å². The second kappa shape index (κ2) is 4.80. The Morgan fingerprint density at radius 3 is 2.72 bits per heavy atom. The van der Waals surface area contributed by atoms with Crippen LogP contribution in [0.3, 0.4) is 0 Å². The van der Waals surface area contributed by atoms with Gasteiger partial charge in [-0.3, -0.25) is 14.3 Å². The van der Waals surface area contributed by atoms with Crippen LogP contribution in [-0.4, -0.2) is 33.3 Å². The quantitative estimate of drug-likeness (QED) is 0.810. The first kappa shape index (κ1) is 12.6. The summed E-state index contributed by atoms with van der Waals surface area (Å²) >= 11 is 0. The van der Waals surface area contributed by atoms with Crippen LogP contribution in [0.4, 0.5) is 0 Å². The molecular weight excluding hydrogens is 234 g/mol. The highest BCUT2D eigenvalue weighted by Gasteiger charge is 2.39. The standard InChI is InChI=1S/C12H17N3O3/c1-15-6-3-9(14-15)11(18)13-8-12(4-2-5-12)7-10(16)17/h3,6H,2,4-5,7-8H2,1H3,(H,13,18)(H,16,17). The fraction of sp³-hybridized carbons (Fsp3) is 0.583. The molecule has 2 N–H and O–H groups in total. The van der Waals surface area contributed by atoms with E-state index in [1.54, 1.807) is 24.0 Å². The van der Waals surface area contributed by atoms with Crippen molar-refractivity contribution in [2.75, 3.05) is 6.54 Å². The molecule has 1 heterocycles. The second-order valence-corrected chi connectivity index (χ2v) is 4.98. The summed E-state index contributed by atoms with van der Waals surface area (Å²) in [6.07, 6.45) is 4.58. The van der Waals surface area contributed by atoms with E-state index in [-0.39, 0.29) is 17.7 Å². The highest BCUT2D eigenvalue weighted by atomic mass is 16.4. The number of aromatic nitrogens is 2. The largest absolute Gasteiger partial charge is 0.481 e. The molecule has 0 aliphatic heterocycles. The van der Waals surface area contributed by atoms with Gasteiger partial charge in [-0.15, -0.1) is 0 Å². The molecule has 1 saturated carbocycles. The number of hydrogen-bond acceptors (Lipinski definition) is 3. The molecule has 1 aromatic rings. The van der Waals surface area contributed by atoms with E-state index in [9.17, 15) is 9.59 Å². The summed E-state index contributed by atoms with van der Waals surface area (Å²) in [7, 11) is 1.74. The van der Waals surface area contributed by atoms with Gasteiger partial charge in [-0.2, -0.15) is 5.10 Å². The van der Waals surface area contributed by atoms with Crippen molar-refractivity contribution in [3.8, 4) is 0 Å². The first-order valence-corrected chi connectivity index (χ1v) is 6.00. The van der Waals surface area contributed by atoms with Crippen LogP contribution < -0.4 is 5.32 Å². The van der Waals surface area contributed by atoms with Crippen molar-refractivity contribution in [1.29, 1.82) is 0 Å². The summed E-state index contributed by atoms with van der Waals surface area (Å²) in [4.78, 5) is 22.6. The minimum absolute atomic E-state index is 0.121. The lowest BCUT2D eigenvalue weighted by atomic mass is 9.66. The number of nitrogens with one attached hydrogen (secondary N) is 1. The molecule has 6 heteroatoms. The first-order chi connectivity index (χ1) is 8.51. The van der Waals surface area contributed by atoms with Gasteiger partial charge in [0, 0.05) is 19.8 Å². The summed E-state index contributed by atoms with van der Waals surface area (Å²) < 4.78 is 1.56. The Hall–Kier alpha value is -1.85. The predicted octanol–water partition coefficient (Wildman–Crippen LogP) is 0.795. The van der Waals surface area contributed by atoms with Gasteiger partial charge in [0.05, 0.1) is 6.42 Å². The highest BCUT2D eigenvalue weighted by Crippen LogP contribution is 2.43. The Balaban J connectivity index is 1.90. The van der Waals surface area contributed by atoms with E-state index in [0.717, 1.165) is 19.3 Å². The lowest BCUT2D eigenvalue weighted by Gasteiger charge is -2.40. The van der Waals surface area contributed by atoms with Gasteiger partial charge >= 0.3 is 5.97 Å². The number of hydrogen-bond donors (Lipinski definition) is 2. The maximum absolute atomic E-state index is 11.8. The minimum atomic E-state index is -0.804. The summed E-state index contributed by atoms with van der Waals surface area (Å²) in [6.45, 7) is 0.411. The third-order valence-electron chi connectivity index (χ3n) is 3.51. The summed E-state index contributed by atoms with van der Waals surface area (Å²) in [6, 6.07) is 1.64. The molecule has 18 heavy (non-hydrogen) atoms. The van der Waals surface area contributed by atoms with Gasteiger partial charge in [0.2, 0.25) is 0 Å². The van der Waals surface area contributed by atoms with Gasteiger partial charge in [0.25, 0.3) is 5.91 Å². The van der Waals surface area contributed by atoms with Crippen LogP contribution >= 0.6 is 0 Å². The van der Waals surface area contributed by atoms with Crippen molar-refractivity contribution in [1.82, 2.24) is 15.1 Å². The molecule has 0 unspecified atom stereocenters. The van der Waals surface area contributed by atoms with Crippen LogP contribution in [0.5, 0.6) is 0 Å². The average Bonchev–Trinajstić information content (AvgIpc) is 2.68. The van der Waals surface area contributed by atoms with E-state index in [1.165, 1.54) is 0 Å². The normalized spacial score (nSPS) is 16.9. The van der Waals surface area contributed by atoms with Gasteiger partial charge in [0.1, 0.15) is 5.69 Å². The SMILES string of the molecule is Cn1ccc(C(=O)NCC2(CC(=O)O)CCC2)n1. The Labute approximate surface area is 105 Å². The molecular formula is C12H17N3O3. The maximum atomic E-state index is 11.8. The molecule has 1 aliphatic carbocycles.